The van der Waals surface area contributed by atoms with E-state index in [1.54, 1.807) is 0 Å². The molecule has 0 bridgehead atoms. The maximum atomic E-state index is 12.7. The molecule has 0 spiro atoms. The molecule has 0 aliphatic rings. The lowest BCUT2D eigenvalue weighted by Gasteiger charge is -2.17. The molecule has 1 atom stereocenters. The Labute approximate surface area is 116 Å². The van der Waals surface area contributed by atoms with Crippen LogP contribution in [0.4, 0.5) is 17.6 Å². The Morgan fingerprint density at radius 1 is 1.05 bits per heavy atom. The molecule has 1 aromatic heterocycles. The Kier molecular flexibility index (Phi) is 4.29. The van der Waals surface area contributed by atoms with Gasteiger partial charge in [0.2, 0.25) is 0 Å². The number of hydrogen-bond donors (Lipinski definition) is 1. The highest BCUT2D eigenvalue weighted by Crippen LogP contribution is 2.29. The molecule has 2 N–H and O–H groups in total. The first-order valence-corrected chi connectivity index (χ1v) is 6.57. The number of thiophene rings is 1. The average molecular weight is 305 g/mol. The summed E-state index contributed by atoms with van der Waals surface area (Å²) in [6.07, 6.45) is -8.38. The number of nitrogens with two attached hydrogens (primary N) is 1. The molecule has 0 saturated heterocycles. The van der Waals surface area contributed by atoms with Crippen molar-refractivity contribution in [2.45, 2.75) is 18.6 Å². The highest BCUT2D eigenvalue weighted by molar-refractivity contribution is 7.08. The predicted molar refractivity (Wildman–Crippen MR) is 68.4 cm³/mol. The standard InChI is InChI=1S/C13H11F4NOS/c14-12(15)13(16,17)19-10-3-1-8(2-4-10)11(18)9-5-6-20-7-9/h1-7,11-12H,18H2/t11-/m0/s1. The van der Waals surface area contributed by atoms with Crippen LogP contribution >= 0.6 is 11.3 Å². The fourth-order valence-corrected chi connectivity index (χ4v) is 2.29. The van der Waals surface area contributed by atoms with Crippen LogP contribution in [0, 0.1) is 0 Å². The maximum Gasteiger partial charge on any atom is 0.461 e. The van der Waals surface area contributed by atoms with Crippen molar-refractivity contribution in [2.24, 2.45) is 5.73 Å². The lowest BCUT2D eigenvalue weighted by molar-refractivity contribution is -0.253. The number of halogens is 4. The molecule has 0 aliphatic carbocycles. The summed E-state index contributed by atoms with van der Waals surface area (Å²) >= 11 is 1.49. The van der Waals surface area contributed by atoms with Crippen LogP contribution in [-0.2, 0) is 0 Å². The summed E-state index contributed by atoms with van der Waals surface area (Å²) < 4.78 is 53.4. The van der Waals surface area contributed by atoms with Crippen LogP contribution in [0.1, 0.15) is 17.2 Å². The first-order chi connectivity index (χ1) is 9.40. The van der Waals surface area contributed by atoms with Gasteiger partial charge in [0, 0.05) is 0 Å². The van der Waals surface area contributed by atoms with Crippen molar-refractivity contribution in [2.75, 3.05) is 0 Å². The van der Waals surface area contributed by atoms with E-state index < -0.39 is 18.6 Å². The minimum atomic E-state index is -4.50. The van der Waals surface area contributed by atoms with Crippen molar-refractivity contribution >= 4 is 11.3 Å². The van der Waals surface area contributed by atoms with Gasteiger partial charge in [0.1, 0.15) is 5.75 Å². The van der Waals surface area contributed by atoms with Crippen LogP contribution in [0.2, 0.25) is 0 Å². The third-order valence-electron chi connectivity index (χ3n) is 2.65. The average Bonchev–Trinajstić information content (AvgIpc) is 2.92. The van der Waals surface area contributed by atoms with E-state index in [0.717, 1.165) is 5.56 Å². The van der Waals surface area contributed by atoms with Gasteiger partial charge in [-0.25, -0.2) is 0 Å². The zero-order valence-corrected chi connectivity index (χ0v) is 10.9. The molecule has 2 nitrogen and oxygen atoms in total. The molecule has 0 radical (unpaired) electrons. The lowest BCUT2D eigenvalue weighted by Crippen LogP contribution is -2.33. The summed E-state index contributed by atoms with van der Waals surface area (Å²) in [7, 11) is 0. The molecule has 108 valence electrons. The summed E-state index contributed by atoms with van der Waals surface area (Å²) in [5.74, 6) is -0.337. The van der Waals surface area contributed by atoms with Gasteiger partial charge in [0.25, 0.3) is 0 Å². The maximum absolute atomic E-state index is 12.7. The third-order valence-corrected chi connectivity index (χ3v) is 3.35. The first-order valence-electron chi connectivity index (χ1n) is 5.63. The van der Waals surface area contributed by atoms with E-state index in [1.165, 1.54) is 35.6 Å². The normalized spacial score (nSPS) is 13.5. The van der Waals surface area contributed by atoms with Crippen LogP contribution in [-0.4, -0.2) is 12.5 Å². The molecule has 0 amide bonds. The SMILES string of the molecule is N[C@@H](c1ccc(OC(F)(F)C(F)F)cc1)c1ccsc1. The number of hydrogen-bond acceptors (Lipinski definition) is 3. The second kappa shape index (κ2) is 5.80. The smallest absolute Gasteiger partial charge is 0.428 e. The molecule has 0 saturated carbocycles. The Balaban J connectivity index is 2.11. The molecule has 0 aliphatic heterocycles. The van der Waals surface area contributed by atoms with Gasteiger partial charge in [0.05, 0.1) is 6.04 Å². The zero-order valence-electron chi connectivity index (χ0n) is 10.1. The van der Waals surface area contributed by atoms with Crippen molar-refractivity contribution in [1.82, 2.24) is 0 Å². The van der Waals surface area contributed by atoms with Crippen LogP contribution in [0.15, 0.2) is 41.1 Å². The van der Waals surface area contributed by atoms with Gasteiger partial charge in [-0.1, -0.05) is 12.1 Å². The molecular formula is C13H11F4NOS. The molecule has 20 heavy (non-hydrogen) atoms. The number of ether oxygens (including phenoxy) is 1. The van der Waals surface area contributed by atoms with Crippen LogP contribution < -0.4 is 10.5 Å². The monoisotopic (exact) mass is 305 g/mol. The predicted octanol–water partition coefficient (Wildman–Crippen LogP) is 4.03. The lowest BCUT2D eigenvalue weighted by atomic mass is 10.0. The van der Waals surface area contributed by atoms with Gasteiger partial charge in [0.15, 0.2) is 0 Å². The Morgan fingerprint density at radius 3 is 2.20 bits per heavy atom. The van der Waals surface area contributed by atoms with Gasteiger partial charge < -0.3 is 10.5 Å². The fraction of sp³-hybridized carbons (Fsp3) is 0.231. The van der Waals surface area contributed by atoms with Crippen molar-refractivity contribution < 1.29 is 22.3 Å². The van der Waals surface area contributed by atoms with Crippen LogP contribution in [0.3, 0.4) is 0 Å². The minimum Gasteiger partial charge on any atom is -0.428 e. The van der Waals surface area contributed by atoms with E-state index in [-0.39, 0.29) is 5.75 Å². The minimum absolute atomic E-state index is 0.337. The summed E-state index contributed by atoms with van der Waals surface area (Å²) in [6.45, 7) is 0. The second-order valence-corrected chi connectivity index (χ2v) is 4.85. The van der Waals surface area contributed by atoms with E-state index in [0.29, 0.717) is 5.56 Å². The Morgan fingerprint density at radius 2 is 1.70 bits per heavy atom. The van der Waals surface area contributed by atoms with Gasteiger partial charge in [-0.05, 0) is 40.1 Å². The molecule has 7 heteroatoms. The molecule has 0 unspecified atom stereocenters. The largest absolute Gasteiger partial charge is 0.461 e. The molecule has 2 aromatic rings. The van der Waals surface area contributed by atoms with Crippen molar-refractivity contribution in [3.63, 3.8) is 0 Å². The number of alkyl halides is 4. The topological polar surface area (TPSA) is 35.2 Å². The molecule has 2 rings (SSSR count). The highest BCUT2D eigenvalue weighted by atomic mass is 32.1. The third kappa shape index (κ3) is 3.29. The fourth-order valence-electron chi connectivity index (χ4n) is 1.59. The van der Waals surface area contributed by atoms with Crippen LogP contribution in [0.5, 0.6) is 5.75 Å². The second-order valence-electron chi connectivity index (χ2n) is 4.07. The summed E-state index contributed by atoms with van der Waals surface area (Å²) in [5, 5.41) is 3.75. The number of benzene rings is 1. The van der Waals surface area contributed by atoms with Gasteiger partial charge in [-0.3, -0.25) is 0 Å². The van der Waals surface area contributed by atoms with Crippen molar-refractivity contribution in [3.8, 4) is 5.75 Å². The highest BCUT2D eigenvalue weighted by Gasteiger charge is 2.43. The Hall–Kier alpha value is -1.60. The first kappa shape index (κ1) is 14.8. The van der Waals surface area contributed by atoms with E-state index in [1.807, 2.05) is 16.8 Å². The van der Waals surface area contributed by atoms with Crippen molar-refractivity contribution in [3.05, 3.63) is 52.2 Å². The zero-order chi connectivity index (χ0) is 14.8. The van der Waals surface area contributed by atoms with Gasteiger partial charge in [-0.2, -0.15) is 28.9 Å². The van der Waals surface area contributed by atoms with E-state index in [9.17, 15) is 17.6 Å². The van der Waals surface area contributed by atoms with Gasteiger partial charge >= 0.3 is 12.5 Å². The van der Waals surface area contributed by atoms with Gasteiger partial charge in [-0.15, -0.1) is 0 Å². The molecule has 1 aromatic carbocycles. The molecule has 1 heterocycles. The van der Waals surface area contributed by atoms with E-state index >= 15 is 0 Å². The van der Waals surface area contributed by atoms with E-state index in [2.05, 4.69) is 4.74 Å². The van der Waals surface area contributed by atoms with Crippen LogP contribution in [0.25, 0.3) is 0 Å². The summed E-state index contributed by atoms with van der Waals surface area (Å²) in [4.78, 5) is 0. The summed E-state index contributed by atoms with van der Waals surface area (Å²) in [6, 6.07) is 6.78. The Bertz CT molecular complexity index is 542. The number of rotatable bonds is 5. The van der Waals surface area contributed by atoms with Crippen molar-refractivity contribution in [1.29, 1.82) is 0 Å². The molecule has 0 fully saturated rings. The molecular weight excluding hydrogens is 294 g/mol. The quantitative estimate of drug-likeness (QED) is 0.846. The van der Waals surface area contributed by atoms with E-state index in [4.69, 9.17) is 5.73 Å². The summed E-state index contributed by atoms with van der Waals surface area (Å²) in [5.41, 5.74) is 7.55.